The minimum atomic E-state index is -4.18. The summed E-state index contributed by atoms with van der Waals surface area (Å²) in [4.78, 5) is 30.5. The van der Waals surface area contributed by atoms with Crippen LogP contribution in [0, 0.1) is 17.8 Å². The van der Waals surface area contributed by atoms with E-state index >= 15 is 0 Å². The molecule has 0 fully saturated rings. The molecule has 0 radical (unpaired) electrons. The summed E-state index contributed by atoms with van der Waals surface area (Å²) in [6.07, 6.45) is 5.06. The number of benzene rings is 2. The highest BCUT2D eigenvalue weighted by Gasteiger charge is 2.49. The van der Waals surface area contributed by atoms with Crippen molar-refractivity contribution in [2.45, 2.75) is 90.9 Å². The molecule has 0 spiro atoms. The first kappa shape index (κ1) is 32.7. The van der Waals surface area contributed by atoms with E-state index in [1.165, 1.54) is 19.2 Å². The molecule has 240 valence electrons. The molecule has 0 aromatic heterocycles. The third-order valence-electron chi connectivity index (χ3n) is 9.04. The van der Waals surface area contributed by atoms with Crippen LogP contribution in [0.2, 0.25) is 0 Å². The Kier molecular flexibility index (Phi) is 8.68. The van der Waals surface area contributed by atoms with E-state index in [1.54, 1.807) is 24.3 Å². The second kappa shape index (κ2) is 11.9. The second-order valence-electron chi connectivity index (χ2n) is 14.2. The predicted molar refractivity (Wildman–Crippen MR) is 176 cm³/mol. The van der Waals surface area contributed by atoms with Crippen LogP contribution in [0.15, 0.2) is 76.5 Å². The van der Waals surface area contributed by atoms with Gasteiger partial charge in [-0.1, -0.05) is 64.5 Å². The standard InChI is InChI=1S/C37H45NO6S/c1-9-11-24-17-25(18-31(43-8)35(24)44-45(41,42)26-14-12-23(3)13-15-26)32-33-27(19-36(4,5)21-29(33)39)38(16-10-2)28-20-37(6,7)22-30(40)34(28)32/h9,12-15,17-18,32H,1,10-11,16,19-22H2,2-8H3. The smallest absolute Gasteiger partial charge is 0.339 e. The number of hydrogen-bond donors (Lipinski definition) is 0. The van der Waals surface area contributed by atoms with Crippen molar-refractivity contribution in [1.29, 1.82) is 0 Å². The van der Waals surface area contributed by atoms with Gasteiger partial charge in [-0.25, -0.2) is 0 Å². The Morgan fingerprint density at radius 1 is 0.933 bits per heavy atom. The number of ether oxygens (including phenoxy) is 1. The molecule has 8 heteroatoms. The molecule has 1 aliphatic heterocycles. The van der Waals surface area contributed by atoms with E-state index in [0.717, 1.165) is 42.8 Å². The van der Waals surface area contributed by atoms with E-state index < -0.39 is 16.0 Å². The molecule has 0 N–H and O–H groups in total. The van der Waals surface area contributed by atoms with Crippen LogP contribution in [0.1, 0.15) is 89.3 Å². The average Bonchev–Trinajstić information content (AvgIpc) is 2.93. The van der Waals surface area contributed by atoms with Gasteiger partial charge in [0.25, 0.3) is 0 Å². The van der Waals surface area contributed by atoms with E-state index in [4.69, 9.17) is 8.92 Å². The quantitative estimate of drug-likeness (QED) is 0.208. The monoisotopic (exact) mass is 631 g/mol. The van der Waals surface area contributed by atoms with E-state index in [1.807, 2.05) is 13.0 Å². The molecule has 45 heavy (non-hydrogen) atoms. The molecular formula is C37H45NO6S. The van der Waals surface area contributed by atoms with Crippen LogP contribution in [0.3, 0.4) is 0 Å². The molecule has 2 aromatic carbocycles. The topological polar surface area (TPSA) is 90.0 Å². The Morgan fingerprint density at radius 2 is 1.49 bits per heavy atom. The maximum absolute atomic E-state index is 14.1. The van der Waals surface area contributed by atoms with Gasteiger partial charge in [-0.05, 0) is 67.2 Å². The van der Waals surface area contributed by atoms with Crippen LogP contribution in [-0.4, -0.2) is 38.5 Å². The van der Waals surface area contributed by atoms with Gasteiger partial charge in [0, 0.05) is 53.4 Å². The largest absolute Gasteiger partial charge is 0.493 e. The number of methoxy groups -OCH3 is 1. The summed E-state index contributed by atoms with van der Waals surface area (Å²) in [5.74, 6) is -0.213. The SMILES string of the molecule is C=CCc1cc(C2C3=C(CC(C)(C)CC3=O)N(CCC)C3=C2C(=O)CC(C)(C)C3)cc(OC)c1OS(=O)(=O)c1ccc(C)cc1. The molecule has 0 bridgehead atoms. The highest BCUT2D eigenvalue weighted by Crippen LogP contribution is 2.55. The lowest BCUT2D eigenvalue weighted by Gasteiger charge is -2.49. The molecule has 7 nitrogen and oxygen atoms in total. The van der Waals surface area contributed by atoms with Crippen LogP contribution >= 0.6 is 0 Å². The van der Waals surface area contributed by atoms with Crippen LogP contribution in [0.5, 0.6) is 11.5 Å². The van der Waals surface area contributed by atoms with E-state index in [-0.39, 0.29) is 45.2 Å². The number of carbonyl (C=O) groups excluding carboxylic acids is 2. The number of hydrogen-bond acceptors (Lipinski definition) is 7. The maximum atomic E-state index is 14.1. The number of rotatable bonds is 9. The zero-order valence-corrected chi connectivity index (χ0v) is 28.4. The zero-order valence-electron chi connectivity index (χ0n) is 27.6. The molecule has 0 unspecified atom stereocenters. The van der Waals surface area contributed by atoms with Gasteiger partial charge in [-0.2, -0.15) is 8.42 Å². The minimum Gasteiger partial charge on any atom is -0.493 e. The summed E-state index contributed by atoms with van der Waals surface area (Å²) < 4.78 is 38.3. The Morgan fingerprint density at radius 3 is 1.98 bits per heavy atom. The molecule has 0 saturated heterocycles. The lowest BCUT2D eigenvalue weighted by Crippen LogP contribution is -2.44. The second-order valence-corrected chi connectivity index (χ2v) is 15.8. The fourth-order valence-electron chi connectivity index (χ4n) is 7.14. The fraction of sp³-hybridized carbons (Fsp3) is 0.459. The first-order valence-corrected chi connectivity index (χ1v) is 17.1. The Hall–Kier alpha value is -3.65. The number of aryl methyl sites for hydroxylation is 1. The molecule has 3 aliphatic rings. The third kappa shape index (κ3) is 6.26. The third-order valence-corrected chi connectivity index (χ3v) is 10.3. The van der Waals surface area contributed by atoms with Gasteiger partial charge in [0.15, 0.2) is 23.1 Å². The first-order chi connectivity index (χ1) is 21.1. The highest BCUT2D eigenvalue weighted by atomic mass is 32.2. The van der Waals surface area contributed by atoms with Crippen molar-refractivity contribution < 1.29 is 26.9 Å². The van der Waals surface area contributed by atoms with Crippen LogP contribution in [0.25, 0.3) is 0 Å². The van der Waals surface area contributed by atoms with Crippen LogP contribution in [-0.2, 0) is 26.1 Å². The molecule has 5 rings (SSSR count). The first-order valence-electron chi connectivity index (χ1n) is 15.7. The summed E-state index contributed by atoms with van der Waals surface area (Å²) in [5, 5.41) is 0. The van der Waals surface area contributed by atoms with Gasteiger partial charge >= 0.3 is 10.1 Å². The zero-order chi connectivity index (χ0) is 32.9. The van der Waals surface area contributed by atoms with Gasteiger partial charge < -0.3 is 13.8 Å². The maximum Gasteiger partial charge on any atom is 0.339 e. The summed E-state index contributed by atoms with van der Waals surface area (Å²) in [6.45, 7) is 17.1. The molecule has 0 saturated carbocycles. The van der Waals surface area contributed by atoms with Crippen molar-refractivity contribution in [2.75, 3.05) is 13.7 Å². The summed E-state index contributed by atoms with van der Waals surface area (Å²) in [5.41, 5.74) is 5.08. The number of allylic oxidation sites excluding steroid dienone is 5. The molecule has 2 aromatic rings. The average molecular weight is 632 g/mol. The lowest BCUT2D eigenvalue weighted by atomic mass is 9.63. The van der Waals surface area contributed by atoms with Gasteiger partial charge in [0.2, 0.25) is 0 Å². The Bertz CT molecular complexity index is 1670. The van der Waals surface area contributed by atoms with Crippen molar-refractivity contribution in [3.8, 4) is 11.5 Å². The van der Waals surface area contributed by atoms with Gasteiger partial charge in [0.1, 0.15) is 4.90 Å². The highest BCUT2D eigenvalue weighted by molar-refractivity contribution is 7.87. The van der Waals surface area contributed by atoms with E-state index in [2.05, 4.69) is 46.1 Å². The minimum absolute atomic E-state index is 0.0301. The normalized spacial score (nSPS) is 19.8. The Labute approximate surface area is 268 Å². The number of Topliss-reactive ketones (excluding diaryl/α,β-unsaturated/α-hetero) is 2. The molecule has 0 atom stereocenters. The van der Waals surface area contributed by atoms with Gasteiger partial charge in [0.05, 0.1) is 7.11 Å². The van der Waals surface area contributed by atoms with Crippen molar-refractivity contribution >= 4 is 21.7 Å². The van der Waals surface area contributed by atoms with Crippen molar-refractivity contribution in [3.05, 3.63) is 88.3 Å². The molecule has 1 heterocycles. The molecule has 0 amide bonds. The summed E-state index contributed by atoms with van der Waals surface area (Å²) in [7, 11) is -2.72. The van der Waals surface area contributed by atoms with Gasteiger partial charge in [-0.15, -0.1) is 6.58 Å². The van der Waals surface area contributed by atoms with Crippen molar-refractivity contribution in [2.24, 2.45) is 10.8 Å². The van der Waals surface area contributed by atoms with Gasteiger partial charge in [-0.3, -0.25) is 9.59 Å². The van der Waals surface area contributed by atoms with Crippen LogP contribution in [0.4, 0.5) is 0 Å². The number of carbonyl (C=O) groups is 2. The summed E-state index contributed by atoms with van der Waals surface area (Å²) in [6, 6.07) is 10.1. The molecule has 2 aliphatic carbocycles. The fourth-order valence-corrected chi connectivity index (χ4v) is 8.12. The van der Waals surface area contributed by atoms with E-state index in [0.29, 0.717) is 35.1 Å². The van der Waals surface area contributed by atoms with Crippen molar-refractivity contribution in [3.63, 3.8) is 0 Å². The van der Waals surface area contributed by atoms with Crippen molar-refractivity contribution in [1.82, 2.24) is 4.90 Å². The number of nitrogens with zero attached hydrogens (tertiary/aromatic N) is 1. The van der Waals surface area contributed by atoms with E-state index in [9.17, 15) is 18.0 Å². The number of ketones is 2. The predicted octanol–water partition coefficient (Wildman–Crippen LogP) is 7.60. The lowest BCUT2D eigenvalue weighted by molar-refractivity contribution is -0.119. The summed E-state index contributed by atoms with van der Waals surface area (Å²) >= 11 is 0. The Balaban J connectivity index is 1.74. The van der Waals surface area contributed by atoms with Crippen LogP contribution < -0.4 is 8.92 Å². The molecular weight excluding hydrogens is 586 g/mol.